The third kappa shape index (κ3) is 4.11. The third-order valence-electron chi connectivity index (χ3n) is 3.39. The molecule has 0 aliphatic rings. The fourth-order valence-electron chi connectivity index (χ4n) is 2.32. The molecule has 2 rings (SSSR count). The number of rotatable bonds is 7. The van der Waals surface area contributed by atoms with Crippen LogP contribution in [0.2, 0.25) is 0 Å². The summed E-state index contributed by atoms with van der Waals surface area (Å²) in [6.45, 7) is 10.7. The van der Waals surface area contributed by atoms with Gasteiger partial charge in [0.1, 0.15) is 10.7 Å². The standard InChI is InChI=1S/C17H25N3S/c1-5-13-8-7-9-19-16(13)17-20-14(10-12(3)4)15(21-17)11-18-6-2/h7-9,12,18H,5-6,10-11H2,1-4H3. The number of pyridine rings is 1. The van der Waals surface area contributed by atoms with Gasteiger partial charge < -0.3 is 5.32 Å². The van der Waals surface area contributed by atoms with Gasteiger partial charge in [-0.1, -0.05) is 33.8 Å². The molecule has 4 heteroatoms. The minimum Gasteiger partial charge on any atom is -0.312 e. The Bertz CT molecular complexity index is 575. The third-order valence-corrected chi connectivity index (χ3v) is 4.49. The minimum absolute atomic E-state index is 0.620. The zero-order valence-electron chi connectivity index (χ0n) is 13.4. The molecule has 0 saturated heterocycles. The second kappa shape index (κ2) is 7.66. The van der Waals surface area contributed by atoms with Crippen LogP contribution in [0.5, 0.6) is 0 Å². The van der Waals surface area contributed by atoms with Gasteiger partial charge in [-0.3, -0.25) is 4.98 Å². The highest BCUT2D eigenvalue weighted by Gasteiger charge is 2.16. The van der Waals surface area contributed by atoms with Crippen molar-refractivity contribution < 1.29 is 0 Å². The van der Waals surface area contributed by atoms with Crippen molar-refractivity contribution in [1.82, 2.24) is 15.3 Å². The van der Waals surface area contributed by atoms with Crippen LogP contribution in [0.3, 0.4) is 0 Å². The maximum atomic E-state index is 4.90. The van der Waals surface area contributed by atoms with Crippen LogP contribution < -0.4 is 5.32 Å². The van der Waals surface area contributed by atoms with E-state index in [-0.39, 0.29) is 0 Å². The molecule has 21 heavy (non-hydrogen) atoms. The Balaban J connectivity index is 2.37. The Labute approximate surface area is 131 Å². The number of nitrogens with zero attached hydrogens (tertiary/aromatic N) is 2. The first-order chi connectivity index (χ1) is 10.2. The molecule has 0 atom stereocenters. The van der Waals surface area contributed by atoms with E-state index in [1.165, 1.54) is 16.1 Å². The van der Waals surface area contributed by atoms with E-state index in [0.717, 1.165) is 36.6 Å². The molecular weight excluding hydrogens is 278 g/mol. The second-order valence-electron chi connectivity index (χ2n) is 5.63. The Morgan fingerprint density at radius 1 is 1.29 bits per heavy atom. The van der Waals surface area contributed by atoms with Crippen molar-refractivity contribution in [2.45, 2.75) is 47.1 Å². The minimum atomic E-state index is 0.620. The van der Waals surface area contributed by atoms with Crippen LogP contribution >= 0.6 is 11.3 Å². The molecule has 0 unspecified atom stereocenters. The molecule has 0 bridgehead atoms. The Morgan fingerprint density at radius 2 is 2.10 bits per heavy atom. The Kier molecular flexibility index (Phi) is 5.88. The second-order valence-corrected chi connectivity index (χ2v) is 6.72. The summed E-state index contributed by atoms with van der Waals surface area (Å²) in [4.78, 5) is 10.8. The van der Waals surface area contributed by atoms with E-state index < -0.39 is 0 Å². The quantitative estimate of drug-likeness (QED) is 0.837. The largest absolute Gasteiger partial charge is 0.312 e. The van der Waals surface area contributed by atoms with E-state index in [0.29, 0.717) is 5.92 Å². The highest BCUT2D eigenvalue weighted by molar-refractivity contribution is 7.15. The zero-order chi connectivity index (χ0) is 15.2. The van der Waals surface area contributed by atoms with Gasteiger partial charge in [0, 0.05) is 17.6 Å². The van der Waals surface area contributed by atoms with Crippen LogP contribution in [0.15, 0.2) is 18.3 Å². The van der Waals surface area contributed by atoms with Gasteiger partial charge >= 0.3 is 0 Å². The summed E-state index contributed by atoms with van der Waals surface area (Å²) in [6, 6.07) is 4.15. The lowest BCUT2D eigenvalue weighted by Crippen LogP contribution is -2.12. The first-order valence-corrected chi connectivity index (χ1v) is 8.60. The molecule has 2 heterocycles. The fraction of sp³-hybridized carbons (Fsp3) is 0.529. The van der Waals surface area contributed by atoms with Gasteiger partial charge in [0.05, 0.1) is 5.69 Å². The molecule has 0 spiro atoms. The molecule has 2 aromatic rings. The number of hydrogen-bond donors (Lipinski definition) is 1. The van der Waals surface area contributed by atoms with Crippen LogP contribution in [0.25, 0.3) is 10.7 Å². The molecule has 2 aromatic heterocycles. The van der Waals surface area contributed by atoms with E-state index in [1.807, 2.05) is 12.3 Å². The van der Waals surface area contributed by atoms with Crippen LogP contribution in [0.4, 0.5) is 0 Å². The van der Waals surface area contributed by atoms with Crippen molar-refractivity contribution in [3.63, 3.8) is 0 Å². The summed E-state index contributed by atoms with van der Waals surface area (Å²) in [6.07, 6.45) is 3.89. The summed E-state index contributed by atoms with van der Waals surface area (Å²) in [7, 11) is 0. The molecule has 0 saturated carbocycles. The lowest BCUT2D eigenvalue weighted by atomic mass is 10.1. The number of aryl methyl sites for hydroxylation is 1. The molecule has 0 aromatic carbocycles. The van der Waals surface area contributed by atoms with Gasteiger partial charge in [0.15, 0.2) is 0 Å². The summed E-state index contributed by atoms with van der Waals surface area (Å²) in [5.74, 6) is 0.620. The topological polar surface area (TPSA) is 37.8 Å². The number of nitrogens with one attached hydrogen (secondary N) is 1. The molecular formula is C17H25N3S. The van der Waals surface area contributed by atoms with Gasteiger partial charge in [-0.25, -0.2) is 4.98 Å². The zero-order valence-corrected chi connectivity index (χ0v) is 14.3. The number of aromatic nitrogens is 2. The van der Waals surface area contributed by atoms with Crippen molar-refractivity contribution >= 4 is 11.3 Å². The summed E-state index contributed by atoms with van der Waals surface area (Å²) >= 11 is 1.79. The normalized spacial score (nSPS) is 11.3. The molecule has 0 aliphatic carbocycles. The molecule has 114 valence electrons. The maximum absolute atomic E-state index is 4.90. The fourth-order valence-corrected chi connectivity index (χ4v) is 3.41. The first kappa shape index (κ1) is 16.1. The van der Waals surface area contributed by atoms with E-state index in [9.17, 15) is 0 Å². The van der Waals surface area contributed by atoms with Gasteiger partial charge in [-0.2, -0.15) is 0 Å². The van der Waals surface area contributed by atoms with Crippen LogP contribution in [-0.4, -0.2) is 16.5 Å². The summed E-state index contributed by atoms with van der Waals surface area (Å²) < 4.78 is 0. The highest BCUT2D eigenvalue weighted by atomic mass is 32.1. The van der Waals surface area contributed by atoms with Crippen molar-refractivity contribution in [2.24, 2.45) is 5.92 Å². The lowest BCUT2D eigenvalue weighted by molar-refractivity contribution is 0.627. The van der Waals surface area contributed by atoms with E-state index in [2.05, 4.69) is 44.1 Å². The highest BCUT2D eigenvalue weighted by Crippen LogP contribution is 2.30. The summed E-state index contributed by atoms with van der Waals surface area (Å²) in [5, 5.41) is 4.49. The van der Waals surface area contributed by atoms with E-state index >= 15 is 0 Å². The molecule has 3 nitrogen and oxygen atoms in total. The predicted octanol–water partition coefficient (Wildman–Crippen LogP) is 4.08. The summed E-state index contributed by atoms with van der Waals surface area (Å²) in [5.41, 5.74) is 3.56. The maximum Gasteiger partial charge on any atom is 0.142 e. The molecule has 0 aliphatic heterocycles. The van der Waals surface area contributed by atoms with Gasteiger partial charge in [-0.15, -0.1) is 11.3 Å². The van der Waals surface area contributed by atoms with Crippen molar-refractivity contribution in [3.8, 4) is 10.7 Å². The molecule has 0 fully saturated rings. The molecule has 0 radical (unpaired) electrons. The Morgan fingerprint density at radius 3 is 2.76 bits per heavy atom. The van der Waals surface area contributed by atoms with Crippen LogP contribution in [0, 0.1) is 5.92 Å². The van der Waals surface area contributed by atoms with Gasteiger partial charge in [0.2, 0.25) is 0 Å². The van der Waals surface area contributed by atoms with Crippen LogP contribution in [-0.2, 0) is 19.4 Å². The average molecular weight is 303 g/mol. The first-order valence-electron chi connectivity index (χ1n) is 7.79. The molecule has 1 N–H and O–H groups in total. The molecule has 0 amide bonds. The van der Waals surface area contributed by atoms with Gasteiger partial charge in [-0.05, 0) is 36.9 Å². The Hall–Kier alpha value is -1.26. The SMILES string of the molecule is CCNCc1sc(-c2ncccc2CC)nc1CC(C)C. The van der Waals surface area contributed by atoms with Crippen molar-refractivity contribution in [1.29, 1.82) is 0 Å². The van der Waals surface area contributed by atoms with Gasteiger partial charge in [0.25, 0.3) is 0 Å². The van der Waals surface area contributed by atoms with Crippen LogP contribution in [0.1, 0.15) is 43.8 Å². The van der Waals surface area contributed by atoms with E-state index in [4.69, 9.17) is 4.98 Å². The monoisotopic (exact) mass is 303 g/mol. The predicted molar refractivity (Wildman–Crippen MR) is 90.6 cm³/mol. The van der Waals surface area contributed by atoms with Crippen molar-refractivity contribution in [2.75, 3.05) is 6.54 Å². The van der Waals surface area contributed by atoms with E-state index in [1.54, 1.807) is 11.3 Å². The smallest absolute Gasteiger partial charge is 0.142 e. The average Bonchev–Trinajstić information content (AvgIpc) is 2.87. The van der Waals surface area contributed by atoms with Crippen molar-refractivity contribution in [3.05, 3.63) is 34.5 Å². The number of thiazole rings is 1. The lowest BCUT2D eigenvalue weighted by Gasteiger charge is -2.05. The number of hydrogen-bond acceptors (Lipinski definition) is 4.